The number of rotatable bonds is 7. The Morgan fingerprint density at radius 2 is 1.80 bits per heavy atom. The Morgan fingerprint density at radius 1 is 1.12 bits per heavy atom. The van der Waals surface area contributed by atoms with Gasteiger partial charge in [-0.25, -0.2) is 4.79 Å². The Labute approximate surface area is 150 Å². The van der Waals surface area contributed by atoms with Crippen molar-refractivity contribution in [2.24, 2.45) is 0 Å². The van der Waals surface area contributed by atoms with Crippen molar-refractivity contribution in [2.75, 3.05) is 11.9 Å². The first-order valence-corrected chi connectivity index (χ1v) is 7.85. The van der Waals surface area contributed by atoms with E-state index in [0.29, 0.717) is 22.2 Å². The van der Waals surface area contributed by atoms with Gasteiger partial charge in [0, 0.05) is 16.8 Å². The van der Waals surface area contributed by atoms with Crippen molar-refractivity contribution in [2.45, 2.75) is 19.4 Å². The summed E-state index contributed by atoms with van der Waals surface area (Å²) in [5, 5.41) is 11.9. The van der Waals surface area contributed by atoms with Crippen molar-refractivity contribution >= 4 is 29.2 Å². The summed E-state index contributed by atoms with van der Waals surface area (Å²) >= 11 is 5.83. The van der Waals surface area contributed by atoms with E-state index in [1.54, 1.807) is 62.4 Å². The molecule has 0 unspecified atom stereocenters. The second-order valence-corrected chi connectivity index (χ2v) is 6.17. The molecule has 0 bridgehead atoms. The molecule has 0 aliphatic carbocycles. The molecule has 0 aromatic heterocycles. The first kappa shape index (κ1) is 18.6. The quantitative estimate of drug-likeness (QED) is 0.785. The number of nitrogens with one attached hydrogen (secondary N) is 1. The fourth-order valence-corrected chi connectivity index (χ4v) is 2.06. The monoisotopic (exact) mass is 363 g/mol. The summed E-state index contributed by atoms with van der Waals surface area (Å²) in [6.45, 7) is 2.83. The van der Waals surface area contributed by atoms with E-state index >= 15 is 0 Å². The van der Waals surface area contributed by atoms with Crippen LogP contribution in [0.5, 0.6) is 11.5 Å². The van der Waals surface area contributed by atoms with Gasteiger partial charge in [0.1, 0.15) is 11.5 Å². The molecule has 6 nitrogen and oxygen atoms in total. The zero-order valence-electron chi connectivity index (χ0n) is 13.8. The summed E-state index contributed by atoms with van der Waals surface area (Å²) in [5.41, 5.74) is -0.660. The number of carbonyl (C=O) groups is 2. The van der Waals surface area contributed by atoms with E-state index in [2.05, 4.69) is 5.32 Å². The Hall–Kier alpha value is -2.73. The fourth-order valence-electron chi connectivity index (χ4n) is 1.93. The zero-order valence-corrected chi connectivity index (χ0v) is 14.5. The highest BCUT2D eigenvalue weighted by Gasteiger charge is 2.30. The smallest absolute Gasteiger partial charge is 0.341 e. The van der Waals surface area contributed by atoms with Crippen LogP contribution in [0.15, 0.2) is 48.5 Å². The van der Waals surface area contributed by atoms with Crippen molar-refractivity contribution in [3.05, 3.63) is 53.6 Å². The van der Waals surface area contributed by atoms with E-state index in [-0.39, 0.29) is 5.91 Å². The van der Waals surface area contributed by atoms with Gasteiger partial charge in [-0.05, 0) is 50.2 Å². The topological polar surface area (TPSA) is 84.9 Å². The lowest BCUT2D eigenvalue weighted by molar-refractivity contribution is -0.139. The van der Waals surface area contributed by atoms with Crippen LogP contribution in [-0.2, 0) is 9.59 Å². The van der Waals surface area contributed by atoms with Crippen LogP contribution in [-0.4, -0.2) is 29.2 Å². The number of ether oxygens (including phenoxy) is 2. The molecule has 0 radical (unpaired) electrons. The highest BCUT2D eigenvalue weighted by molar-refractivity contribution is 6.30. The average molecular weight is 364 g/mol. The van der Waals surface area contributed by atoms with E-state index in [4.69, 9.17) is 26.2 Å². The Kier molecular flexibility index (Phi) is 5.88. The predicted molar refractivity (Wildman–Crippen MR) is 94.4 cm³/mol. The molecule has 0 aliphatic heterocycles. The molecule has 2 aromatic rings. The van der Waals surface area contributed by atoms with Crippen molar-refractivity contribution in [3.8, 4) is 11.5 Å². The predicted octanol–water partition coefficient (Wildman–Crippen LogP) is 3.60. The molecule has 2 N–H and O–H groups in total. The SMILES string of the molecule is CC(C)(Oc1ccc(Cl)cc1)C(=O)Nc1cccc(OCC(=O)O)c1. The number of benzene rings is 2. The summed E-state index contributed by atoms with van der Waals surface area (Å²) in [6, 6.07) is 13.2. The maximum atomic E-state index is 12.5. The molecule has 0 saturated heterocycles. The third-order valence-corrected chi connectivity index (χ3v) is 3.44. The van der Waals surface area contributed by atoms with E-state index in [9.17, 15) is 9.59 Å². The Balaban J connectivity index is 2.03. The highest BCUT2D eigenvalue weighted by atomic mass is 35.5. The van der Waals surface area contributed by atoms with Gasteiger partial charge in [0.15, 0.2) is 12.2 Å². The van der Waals surface area contributed by atoms with Crippen molar-refractivity contribution in [3.63, 3.8) is 0 Å². The number of hydrogen-bond donors (Lipinski definition) is 2. The second-order valence-electron chi connectivity index (χ2n) is 5.73. The fraction of sp³-hybridized carbons (Fsp3) is 0.222. The molecular weight excluding hydrogens is 346 g/mol. The van der Waals surface area contributed by atoms with Crippen LogP contribution < -0.4 is 14.8 Å². The number of amides is 1. The minimum Gasteiger partial charge on any atom is -0.482 e. The molecule has 2 rings (SSSR count). The Bertz CT molecular complexity index is 758. The Morgan fingerprint density at radius 3 is 2.44 bits per heavy atom. The molecular formula is C18H18ClNO5. The summed E-state index contributed by atoms with van der Waals surface area (Å²) in [6.07, 6.45) is 0. The van der Waals surface area contributed by atoms with Gasteiger partial charge in [-0.1, -0.05) is 17.7 Å². The van der Waals surface area contributed by atoms with E-state index in [1.807, 2.05) is 0 Å². The zero-order chi connectivity index (χ0) is 18.4. The first-order valence-electron chi connectivity index (χ1n) is 7.47. The third-order valence-electron chi connectivity index (χ3n) is 3.19. The molecule has 132 valence electrons. The van der Waals surface area contributed by atoms with Gasteiger partial charge in [-0.3, -0.25) is 4.79 Å². The number of halogens is 1. The van der Waals surface area contributed by atoms with Crippen LogP contribution >= 0.6 is 11.6 Å². The van der Waals surface area contributed by atoms with Gasteiger partial charge in [0.2, 0.25) is 0 Å². The van der Waals surface area contributed by atoms with Gasteiger partial charge in [0.05, 0.1) is 0 Å². The lowest BCUT2D eigenvalue weighted by atomic mass is 10.1. The molecule has 0 atom stereocenters. The molecule has 0 spiro atoms. The molecule has 0 aliphatic rings. The van der Waals surface area contributed by atoms with Crippen LogP contribution in [0.3, 0.4) is 0 Å². The van der Waals surface area contributed by atoms with Crippen LogP contribution in [0, 0.1) is 0 Å². The summed E-state index contributed by atoms with van der Waals surface area (Å²) < 4.78 is 10.8. The summed E-state index contributed by atoms with van der Waals surface area (Å²) in [4.78, 5) is 23.0. The van der Waals surface area contributed by atoms with E-state index in [0.717, 1.165) is 0 Å². The van der Waals surface area contributed by atoms with Gasteiger partial charge in [0.25, 0.3) is 5.91 Å². The van der Waals surface area contributed by atoms with E-state index in [1.165, 1.54) is 0 Å². The first-order chi connectivity index (χ1) is 11.8. The van der Waals surface area contributed by atoms with Gasteiger partial charge in [-0.2, -0.15) is 0 Å². The van der Waals surface area contributed by atoms with Crippen LogP contribution in [0.25, 0.3) is 0 Å². The van der Waals surface area contributed by atoms with Crippen molar-refractivity contribution in [1.82, 2.24) is 0 Å². The molecule has 2 aromatic carbocycles. The maximum absolute atomic E-state index is 12.5. The second kappa shape index (κ2) is 7.90. The minimum absolute atomic E-state index is 0.344. The lowest BCUT2D eigenvalue weighted by Gasteiger charge is -2.25. The number of anilines is 1. The average Bonchev–Trinajstić information content (AvgIpc) is 2.55. The number of carboxylic acids is 1. The lowest BCUT2D eigenvalue weighted by Crippen LogP contribution is -2.42. The number of carboxylic acid groups (broad SMARTS) is 1. The molecule has 0 heterocycles. The van der Waals surface area contributed by atoms with Crippen molar-refractivity contribution in [1.29, 1.82) is 0 Å². The standard InChI is InChI=1S/C18H18ClNO5/c1-18(2,25-14-8-6-12(19)7-9-14)17(23)20-13-4-3-5-15(10-13)24-11-16(21)22/h3-10H,11H2,1-2H3,(H,20,23)(H,21,22). The van der Waals surface area contributed by atoms with E-state index < -0.39 is 18.2 Å². The molecule has 7 heteroatoms. The number of aliphatic carboxylic acids is 1. The normalized spacial score (nSPS) is 10.8. The molecule has 25 heavy (non-hydrogen) atoms. The number of carbonyl (C=O) groups excluding carboxylic acids is 1. The molecule has 0 saturated carbocycles. The highest BCUT2D eigenvalue weighted by Crippen LogP contribution is 2.23. The van der Waals surface area contributed by atoms with Crippen LogP contribution in [0.2, 0.25) is 5.02 Å². The largest absolute Gasteiger partial charge is 0.482 e. The summed E-state index contributed by atoms with van der Waals surface area (Å²) in [7, 11) is 0. The maximum Gasteiger partial charge on any atom is 0.341 e. The van der Waals surface area contributed by atoms with Crippen LogP contribution in [0.1, 0.15) is 13.8 Å². The molecule has 1 amide bonds. The minimum atomic E-state index is -1.13. The van der Waals surface area contributed by atoms with Gasteiger partial charge < -0.3 is 19.9 Å². The third kappa shape index (κ3) is 5.69. The van der Waals surface area contributed by atoms with Gasteiger partial charge in [-0.15, -0.1) is 0 Å². The summed E-state index contributed by atoms with van der Waals surface area (Å²) in [5.74, 6) is -0.579. The van der Waals surface area contributed by atoms with Crippen molar-refractivity contribution < 1.29 is 24.2 Å². The van der Waals surface area contributed by atoms with Gasteiger partial charge >= 0.3 is 5.97 Å². The van der Waals surface area contributed by atoms with Crippen LogP contribution in [0.4, 0.5) is 5.69 Å². The molecule has 0 fully saturated rings. The number of hydrogen-bond acceptors (Lipinski definition) is 4.